The van der Waals surface area contributed by atoms with Crippen molar-refractivity contribution in [1.82, 2.24) is 0 Å². The van der Waals surface area contributed by atoms with Gasteiger partial charge in [-0.05, 0) is 6.92 Å². The molecule has 3 N–H and O–H groups in total. The van der Waals surface area contributed by atoms with Crippen molar-refractivity contribution in [2.75, 3.05) is 6.61 Å². The molecule has 2 unspecified atom stereocenters. The molecule has 0 spiro atoms. The van der Waals surface area contributed by atoms with Crippen molar-refractivity contribution in [3.05, 3.63) is 10.1 Å². The lowest BCUT2D eigenvalue weighted by Crippen LogP contribution is -2.51. The third-order valence-corrected chi connectivity index (χ3v) is 1.22. The first kappa shape index (κ1) is 9.28. The van der Waals surface area contributed by atoms with E-state index in [1.807, 2.05) is 0 Å². The number of nitro groups is 1. The van der Waals surface area contributed by atoms with Crippen LogP contribution in [-0.2, 0) is 0 Å². The third-order valence-electron chi connectivity index (χ3n) is 1.22. The summed E-state index contributed by atoms with van der Waals surface area (Å²) in [6, 6.07) is 0. The molecule has 0 aromatic carbocycles. The van der Waals surface area contributed by atoms with E-state index in [0.29, 0.717) is 0 Å². The summed E-state index contributed by atoms with van der Waals surface area (Å²) >= 11 is 0. The van der Waals surface area contributed by atoms with Gasteiger partial charge in [0.2, 0.25) is 0 Å². The molecule has 0 aliphatic rings. The van der Waals surface area contributed by atoms with Crippen LogP contribution in [0.4, 0.5) is 0 Å². The predicted octanol–water partition coefficient (Wildman–Crippen LogP) is -1.68. The van der Waals surface area contributed by atoms with Gasteiger partial charge in [0.15, 0.2) is 6.10 Å². The quantitative estimate of drug-likeness (QED) is 0.254. The Balaban J connectivity index is 4.38. The molecule has 0 aliphatic carbocycles. The van der Waals surface area contributed by atoms with E-state index in [1.54, 1.807) is 0 Å². The minimum Gasteiger partial charge on any atom is -0.386 e. The van der Waals surface area contributed by atoms with E-state index < -0.39 is 23.4 Å². The van der Waals surface area contributed by atoms with E-state index >= 15 is 0 Å². The van der Waals surface area contributed by atoms with Crippen molar-refractivity contribution in [3.8, 4) is 0 Å². The van der Waals surface area contributed by atoms with Crippen LogP contribution in [0.3, 0.4) is 0 Å². The van der Waals surface area contributed by atoms with Gasteiger partial charge in [-0.1, -0.05) is 0 Å². The molecule has 6 nitrogen and oxygen atoms in total. The van der Waals surface area contributed by atoms with E-state index in [1.165, 1.54) is 0 Å². The van der Waals surface area contributed by atoms with Crippen molar-refractivity contribution >= 4 is 0 Å². The van der Waals surface area contributed by atoms with Crippen molar-refractivity contribution in [3.63, 3.8) is 0 Å². The Labute approximate surface area is 56.9 Å². The van der Waals surface area contributed by atoms with Gasteiger partial charge in [0, 0.05) is 0 Å². The number of rotatable bonds is 3. The molecule has 6 heteroatoms. The molecule has 0 saturated heterocycles. The number of aliphatic hydroxyl groups is 3. The van der Waals surface area contributed by atoms with Gasteiger partial charge in [-0.2, -0.15) is 0 Å². The molecule has 0 radical (unpaired) electrons. The highest BCUT2D eigenvalue weighted by molar-refractivity contribution is 4.70. The Morgan fingerprint density at radius 1 is 1.80 bits per heavy atom. The molecular weight excluding hydrogens is 142 g/mol. The molecule has 10 heavy (non-hydrogen) atoms. The van der Waals surface area contributed by atoms with Gasteiger partial charge < -0.3 is 15.3 Å². The van der Waals surface area contributed by atoms with Gasteiger partial charge in [0.1, 0.15) is 6.61 Å². The van der Waals surface area contributed by atoms with E-state index in [0.717, 1.165) is 6.92 Å². The van der Waals surface area contributed by atoms with Crippen molar-refractivity contribution in [2.24, 2.45) is 0 Å². The first-order valence-corrected chi connectivity index (χ1v) is 2.61. The standard InChI is InChI=1S/C4H9NO5/c1-3(7)4(8,2-6)5(9)10/h3,6-8H,2H2,1H3. The van der Waals surface area contributed by atoms with Gasteiger partial charge in [-0.25, -0.2) is 0 Å². The smallest absolute Gasteiger partial charge is 0.370 e. The minimum atomic E-state index is -2.62. The summed E-state index contributed by atoms with van der Waals surface area (Å²) in [7, 11) is 0. The second-order valence-corrected chi connectivity index (χ2v) is 1.97. The van der Waals surface area contributed by atoms with Gasteiger partial charge in [-0.3, -0.25) is 10.1 Å². The zero-order chi connectivity index (χ0) is 8.36. The second-order valence-electron chi connectivity index (χ2n) is 1.97. The lowest BCUT2D eigenvalue weighted by molar-refractivity contribution is -0.640. The highest BCUT2D eigenvalue weighted by atomic mass is 16.7. The van der Waals surface area contributed by atoms with Gasteiger partial charge in [0.25, 0.3) is 0 Å². The maximum atomic E-state index is 9.93. The molecule has 0 aromatic rings. The maximum absolute atomic E-state index is 9.93. The number of aliphatic hydroxyl groups excluding tert-OH is 2. The lowest BCUT2D eigenvalue weighted by Gasteiger charge is -2.18. The van der Waals surface area contributed by atoms with Gasteiger partial charge >= 0.3 is 5.72 Å². The summed E-state index contributed by atoms with van der Waals surface area (Å²) in [6.45, 7) is -0.0727. The number of nitrogens with zero attached hydrogens (tertiary/aromatic N) is 1. The van der Waals surface area contributed by atoms with Crippen LogP contribution in [0.5, 0.6) is 0 Å². The van der Waals surface area contributed by atoms with Crippen LogP contribution in [0, 0.1) is 10.1 Å². The second kappa shape index (κ2) is 2.91. The van der Waals surface area contributed by atoms with Gasteiger partial charge in [0.05, 0.1) is 4.92 Å². The Morgan fingerprint density at radius 3 is 2.20 bits per heavy atom. The van der Waals surface area contributed by atoms with Crippen LogP contribution in [-0.4, -0.2) is 38.7 Å². The summed E-state index contributed by atoms with van der Waals surface area (Å²) < 4.78 is 0. The third kappa shape index (κ3) is 1.41. The molecule has 0 rings (SSSR count). The molecular formula is C4H9NO5. The predicted molar refractivity (Wildman–Crippen MR) is 30.7 cm³/mol. The Kier molecular flexibility index (Phi) is 2.70. The average molecular weight is 151 g/mol. The summed E-state index contributed by atoms with van der Waals surface area (Å²) in [6.07, 6.45) is -1.59. The van der Waals surface area contributed by atoms with E-state index in [4.69, 9.17) is 15.3 Å². The molecule has 0 heterocycles. The fourth-order valence-corrected chi connectivity index (χ4v) is 0.342. The first-order valence-electron chi connectivity index (χ1n) is 2.61. The summed E-state index contributed by atoms with van der Waals surface area (Å²) in [4.78, 5) is 8.80. The van der Waals surface area contributed by atoms with E-state index in [9.17, 15) is 10.1 Å². The molecule has 2 atom stereocenters. The van der Waals surface area contributed by atoms with Crippen LogP contribution in [0.25, 0.3) is 0 Å². The number of hydrogen-bond donors (Lipinski definition) is 3. The minimum absolute atomic E-state index is 1.03. The Bertz CT molecular complexity index is 136. The monoisotopic (exact) mass is 151 g/mol. The SMILES string of the molecule is CC(O)C(O)(CO)[N+](=O)[O-]. The van der Waals surface area contributed by atoms with Crippen LogP contribution in [0.15, 0.2) is 0 Å². The molecule has 0 aliphatic heterocycles. The summed E-state index contributed by atoms with van der Waals surface area (Å²) in [5.74, 6) is 0. The first-order chi connectivity index (χ1) is 4.45. The highest BCUT2D eigenvalue weighted by Gasteiger charge is 2.45. The van der Waals surface area contributed by atoms with Crippen molar-refractivity contribution < 1.29 is 20.2 Å². The zero-order valence-electron chi connectivity index (χ0n) is 5.39. The Morgan fingerprint density at radius 2 is 2.20 bits per heavy atom. The molecule has 0 amide bonds. The van der Waals surface area contributed by atoms with Crippen LogP contribution in [0.1, 0.15) is 6.92 Å². The summed E-state index contributed by atoms with van der Waals surface area (Å²) in [5.41, 5.74) is -2.62. The lowest BCUT2D eigenvalue weighted by atomic mass is 10.1. The van der Waals surface area contributed by atoms with E-state index in [2.05, 4.69) is 0 Å². The number of hydrogen-bond acceptors (Lipinski definition) is 5. The van der Waals surface area contributed by atoms with Crippen molar-refractivity contribution in [2.45, 2.75) is 18.8 Å². The van der Waals surface area contributed by atoms with Crippen LogP contribution < -0.4 is 0 Å². The fraction of sp³-hybridized carbons (Fsp3) is 1.00. The van der Waals surface area contributed by atoms with Crippen LogP contribution in [0.2, 0.25) is 0 Å². The molecule has 0 aromatic heterocycles. The topological polar surface area (TPSA) is 104 Å². The highest BCUT2D eigenvalue weighted by Crippen LogP contribution is 2.09. The molecule has 60 valence electrons. The molecule has 0 fully saturated rings. The van der Waals surface area contributed by atoms with Gasteiger partial charge in [-0.15, -0.1) is 0 Å². The largest absolute Gasteiger partial charge is 0.386 e. The molecule has 0 saturated carbocycles. The summed E-state index contributed by atoms with van der Waals surface area (Å²) in [5, 5.41) is 35.6. The fourth-order valence-electron chi connectivity index (χ4n) is 0.342. The van der Waals surface area contributed by atoms with E-state index in [-0.39, 0.29) is 0 Å². The zero-order valence-corrected chi connectivity index (χ0v) is 5.39. The normalized spacial score (nSPS) is 19.6. The maximum Gasteiger partial charge on any atom is 0.370 e. The van der Waals surface area contributed by atoms with Crippen LogP contribution >= 0.6 is 0 Å². The average Bonchev–Trinajstić information content (AvgIpc) is 1.85. The van der Waals surface area contributed by atoms with Crippen molar-refractivity contribution in [1.29, 1.82) is 0 Å². The molecule has 0 bridgehead atoms. The Hall–Kier alpha value is -0.720.